The number of anilines is 3. The van der Waals surface area contributed by atoms with E-state index < -0.39 is 0 Å². The number of aromatic nitrogens is 2. The third-order valence-corrected chi connectivity index (χ3v) is 4.52. The summed E-state index contributed by atoms with van der Waals surface area (Å²) in [5, 5.41) is 3.38. The molecule has 2 saturated heterocycles. The monoisotopic (exact) mass is 304 g/mol. The average Bonchev–Trinajstić information content (AvgIpc) is 2.92. The standard InChI is InChI=1S/C16H28N6/c1-16(2,3)10-18-13-5-14(20-15(17)19-13)22-8-11-6-21(4)7-12(11)9-22/h5,11-12H,6-10H2,1-4H3,(H3,17,18,19,20)/t11-,12+. The van der Waals surface area contributed by atoms with E-state index in [-0.39, 0.29) is 5.41 Å². The van der Waals surface area contributed by atoms with Gasteiger partial charge in [0.05, 0.1) is 0 Å². The lowest BCUT2D eigenvalue weighted by molar-refractivity contribution is 0.387. The smallest absolute Gasteiger partial charge is 0.223 e. The maximum atomic E-state index is 5.91. The SMILES string of the molecule is CN1C[C@@H]2CN(c3cc(NCC(C)(C)C)nc(N)n3)C[C@@H]2C1. The Labute approximate surface area is 133 Å². The van der Waals surface area contributed by atoms with Crippen LogP contribution in [-0.2, 0) is 0 Å². The van der Waals surface area contributed by atoms with Crippen molar-refractivity contribution in [3.63, 3.8) is 0 Å². The summed E-state index contributed by atoms with van der Waals surface area (Å²) in [7, 11) is 2.21. The molecule has 22 heavy (non-hydrogen) atoms. The molecule has 0 radical (unpaired) electrons. The fraction of sp³-hybridized carbons (Fsp3) is 0.750. The number of nitrogens with one attached hydrogen (secondary N) is 1. The van der Waals surface area contributed by atoms with Crippen LogP contribution in [0.3, 0.4) is 0 Å². The van der Waals surface area contributed by atoms with Gasteiger partial charge in [-0.1, -0.05) is 20.8 Å². The lowest BCUT2D eigenvalue weighted by Gasteiger charge is -2.22. The van der Waals surface area contributed by atoms with Gasteiger partial charge in [0.25, 0.3) is 0 Å². The number of nitrogens with two attached hydrogens (primary N) is 1. The number of hydrogen-bond acceptors (Lipinski definition) is 6. The summed E-state index contributed by atoms with van der Waals surface area (Å²) in [6.45, 7) is 12.0. The number of fused-ring (bicyclic) bond motifs is 1. The summed E-state index contributed by atoms with van der Waals surface area (Å²) >= 11 is 0. The zero-order valence-corrected chi connectivity index (χ0v) is 14.1. The highest BCUT2D eigenvalue weighted by atomic mass is 15.3. The van der Waals surface area contributed by atoms with Gasteiger partial charge < -0.3 is 20.9 Å². The number of hydrogen-bond donors (Lipinski definition) is 2. The molecule has 3 heterocycles. The van der Waals surface area contributed by atoms with Crippen LogP contribution >= 0.6 is 0 Å². The van der Waals surface area contributed by atoms with Crippen molar-refractivity contribution < 1.29 is 0 Å². The van der Waals surface area contributed by atoms with Crippen molar-refractivity contribution in [2.24, 2.45) is 17.3 Å². The average molecular weight is 304 g/mol. The molecule has 6 heteroatoms. The summed E-state index contributed by atoms with van der Waals surface area (Å²) in [4.78, 5) is 13.6. The van der Waals surface area contributed by atoms with E-state index in [1.807, 2.05) is 6.07 Å². The predicted molar refractivity (Wildman–Crippen MR) is 91.1 cm³/mol. The highest BCUT2D eigenvalue weighted by Crippen LogP contribution is 2.33. The van der Waals surface area contributed by atoms with Gasteiger partial charge in [-0.3, -0.25) is 0 Å². The quantitative estimate of drug-likeness (QED) is 0.882. The molecule has 3 N–H and O–H groups in total. The highest BCUT2D eigenvalue weighted by molar-refractivity contribution is 5.53. The van der Waals surface area contributed by atoms with Crippen molar-refractivity contribution in [3.8, 4) is 0 Å². The molecule has 0 spiro atoms. The Bertz CT molecular complexity index is 524. The van der Waals surface area contributed by atoms with Crippen molar-refractivity contribution in [2.45, 2.75) is 20.8 Å². The molecule has 2 aliphatic rings. The van der Waals surface area contributed by atoms with E-state index in [4.69, 9.17) is 5.73 Å². The molecule has 0 saturated carbocycles. The normalized spacial score (nSPS) is 25.5. The van der Waals surface area contributed by atoms with Crippen LogP contribution in [0.1, 0.15) is 20.8 Å². The number of nitrogen functional groups attached to an aromatic ring is 1. The number of nitrogens with zero attached hydrogens (tertiary/aromatic N) is 4. The zero-order chi connectivity index (χ0) is 15.9. The first-order chi connectivity index (χ1) is 10.3. The van der Waals surface area contributed by atoms with E-state index in [2.05, 4.69) is 52.9 Å². The molecule has 0 unspecified atom stereocenters. The molecular formula is C16H28N6. The summed E-state index contributed by atoms with van der Waals surface area (Å²) in [6, 6.07) is 2.03. The minimum Gasteiger partial charge on any atom is -0.369 e. The van der Waals surface area contributed by atoms with Gasteiger partial charge in [0, 0.05) is 38.8 Å². The molecule has 2 aliphatic heterocycles. The number of likely N-dealkylation sites (tertiary alicyclic amines) is 1. The lowest BCUT2D eigenvalue weighted by Crippen LogP contribution is -2.28. The molecule has 6 nitrogen and oxygen atoms in total. The van der Waals surface area contributed by atoms with Gasteiger partial charge in [-0.05, 0) is 24.3 Å². The molecule has 0 aromatic carbocycles. The topological polar surface area (TPSA) is 70.3 Å². The van der Waals surface area contributed by atoms with Gasteiger partial charge in [-0.15, -0.1) is 0 Å². The van der Waals surface area contributed by atoms with E-state index in [0.717, 1.165) is 43.1 Å². The summed E-state index contributed by atoms with van der Waals surface area (Å²) in [5.41, 5.74) is 6.11. The van der Waals surface area contributed by atoms with Gasteiger partial charge in [-0.25, -0.2) is 0 Å². The van der Waals surface area contributed by atoms with Crippen molar-refractivity contribution in [1.82, 2.24) is 14.9 Å². The van der Waals surface area contributed by atoms with Crippen LogP contribution in [0.15, 0.2) is 6.07 Å². The van der Waals surface area contributed by atoms with Crippen LogP contribution in [0.2, 0.25) is 0 Å². The summed E-state index contributed by atoms with van der Waals surface area (Å²) in [5.74, 6) is 3.65. The van der Waals surface area contributed by atoms with Crippen LogP contribution in [0.5, 0.6) is 0 Å². The molecule has 0 amide bonds. The zero-order valence-electron chi connectivity index (χ0n) is 14.1. The van der Waals surface area contributed by atoms with E-state index in [0.29, 0.717) is 5.95 Å². The maximum absolute atomic E-state index is 5.91. The predicted octanol–water partition coefficient (Wildman–Crippen LogP) is 1.51. The van der Waals surface area contributed by atoms with Gasteiger partial charge in [-0.2, -0.15) is 9.97 Å². The second kappa shape index (κ2) is 5.57. The Kier molecular flexibility index (Phi) is 3.89. The first-order valence-electron chi connectivity index (χ1n) is 8.12. The van der Waals surface area contributed by atoms with E-state index in [1.165, 1.54) is 13.1 Å². The second-order valence-electron chi connectivity index (χ2n) is 8.03. The summed E-state index contributed by atoms with van der Waals surface area (Å²) in [6.07, 6.45) is 0. The van der Waals surface area contributed by atoms with E-state index in [9.17, 15) is 0 Å². The Hall–Kier alpha value is -1.56. The van der Waals surface area contributed by atoms with Crippen molar-refractivity contribution in [1.29, 1.82) is 0 Å². The molecule has 2 atom stereocenters. The van der Waals surface area contributed by atoms with E-state index >= 15 is 0 Å². The molecular weight excluding hydrogens is 276 g/mol. The minimum atomic E-state index is 0.204. The fourth-order valence-corrected chi connectivity index (χ4v) is 3.48. The lowest BCUT2D eigenvalue weighted by atomic mass is 9.97. The van der Waals surface area contributed by atoms with Gasteiger partial charge in [0.15, 0.2) is 0 Å². The van der Waals surface area contributed by atoms with Gasteiger partial charge >= 0.3 is 0 Å². The molecule has 122 valence electrons. The Morgan fingerprint density at radius 2 is 1.82 bits per heavy atom. The first-order valence-corrected chi connectivity index (χ1v) is 8.12. The van der Waals surface area contributed by atoms with Crippen LogP contribution in [0, 0.1) is 17.3 Å². The van der Waals surface area contributed by atoms with Crippen molar-refractivity contribution >= 4 is 17.6 Å². The molecule has 0 aliphatic carbocycles. The van der Waals surface area contributed by atoms with Crippen molar-refractivity contribution in [2.75, 3.05) is 55.7 Å². The maximum Gasteiger partial charge on any atom is 0.223 e. The Morgan fingerprint density at radius 3 is 2.41 bits per heavy atom. The molecule has 1 aromatic rings. The van der Waals surface area contributed by atoms with Crippen LogP contribution in [-0.4, -0.2) is 54.6 Å². The molecule has 1 aromatic heterocycles. The van der Waals surface area contributed by atoms with Crippen LogP contribution in [0.4, 0.5) is 17.6 Å². The third kappa shape index (κ3) is 3.43. The molecule has 2 fully saturated rings. The Morgan fingerprint density at radius 1 is 1.18 bits per heavy atom. The first kappa shape index (κ1) is 15.3. The third-order valence-electron chi connectivity index (χ3n) is 4.52. The number of rotatable bonds is 3. The minimum absolute atomic E-state index is 0.204. The second-order valence-corrected chi connectivity index (χ2v) is 8.03. The molecule has 3 rings (SSSR count). The van der Waals surface area contributed by atoms with Crippen molar-refractivity contribution in [3.05, 3.63) is 6.07 Å². The molecule has 0 bridgehead atoms. The summed E-state index contributed by atoms with van der Waals surface area (Å²) < 4.78 is 0. The highest BCUT2D eigenvalue weighted by Gasteiger charge is 2.39. The van der Waals surface area contributed by atoms with Gasteiger partial charge in [0.2, 0.25) is 5.95 Å². The van der Waals surface area contributed by atoms with E-state index in [1.54, 1.807) is 0 Å². The van der Waals surface area contributed by atoms with Gasteiger partial charge in [0.1, 0.15) is 11.6 Å². The fourth-order valence-electron chi connectivity index (χ4n) is 3.48. The van der Waals surface area contributed by atoms with Crippen LogP contribution < -0.4 is 16.0 Å². The Balaban J connectivity index is 1.71. The largest absolute Gasteiger partial charge is 0.369 e. The van der Waals surface area contributed by atoms with Crippen LogP contribution in [0.25, 0.3) is 0 Å².